The minimum absolute atomic E-state index is 0.0739. The number of carbonyl (C=O) groups is 2. The van der Waals surface area contributed by atoms with Crippen LogP contribution < -0.4 is 10.5 Å². The highest BCUT2D eigenvalue weighted by molar-refractivity contribution is 7.14. The van der Waals surface area contributed by atoms with E-state index in [1.54, 1.807) is 29.6 Å². The highest BCUT2D eigenvalue weighted by Gasteiger charge is 2.21. The second kappa shape index (κ2) is 9.79. The fourth-order valence-electron chi connectivity index (χ4n) is 3.67. The van der Waals surface area contributed by atoms with Crippen LogP contribution in [-0.4, -0.2) is 26.6 Å². The number of benzene rings is 2. The highest BCUT2D eigenvalue weighted by Crippen LogP contribution is 2.30. The minimum Gasteiger partial charge on any atom is -0.454 e. The molecule has 4 aromatic rings. The van der Waals surface area contributed by atoms with E-state index in [1.807, 2.05) is 45.9 Å². The minimum atomic E-state index is -0.650. The molecule has 4 rings (SSSR count). The zero-order chi connectivity index (χ0) is 25.3. The van der Waals surface area contributed by atoms with Crippen molar-refractivity contribution in [2.45, 2.75) is 47.3 Å². The maximum Gasteiger partial charge on any atom is 0.359 e. The van der Waals surface area contributed by atoms with Crippen LogP contribution in [0.25, 0.3) is 10.8 Å². The van der Waals surface area contributed by atoms with Crippen molar-refractivity contribution >= 4 is 44.8 Å². The Morgan fingerprint density at radius 2 is 1.80 bits per heavy atom. The van der Waals surface area contributed by atoms with E-state index in [4.69, 9.17) is 4.74 Å². The van der Waals surface area contributed by atoms with Gasteiger partial charge in [0.1, 0.15) is 6.61 Å². The van der Waals surface area contributed by atoms with E-state index >= 15 is 0 Å². The van der Waals surface area contributed by atoms with Gasteiger partial charge in [-0.15, -0.1) is 11.3 Å². The zero-order valence-corrected chi connectivity index (χ0v) is 21.0. The number of carbonyl (C=O) groups excluding carboxylic acids is 2. The second-order valence-corrected chi connectivity index (χ2v) is 9.39. The molecule has 0 radical (unpaired) electrons. The van der Waals surface area contributed by atoms with Crippen LogP contribution in [-0.2, 0) is 16.1 Å². The van der Waals surface area contributed by atoms with E-state index in [0.717, 1.165) is 16.8 Å². The van der Waals surface area contributed by atoms with Crippen LogP contribution in [0.3, 0.4) is 0 Å². The summed E-state index contributed by atoms with van der Waals surface area (Å²) >= 11 is 1.29. The zero-order valence-electron chi connectivity index (χ0n) is 20.2. The van der Waals surface area contributed by atoms with Crippen molar-refractivity contribution in [3.8, 4) is 0 Å². The molecule has 1 amide bonds. The molecular formula is C26H26N4O4S. The van der Waals surface area contributed by atoms with Crippen molar-refractivity contribution < 1.29 is 14.3 Å². The van der Waals surface area contributed by atoms with E-state index < -0.39 is 5.97 Å². The maximum absolute atomic E-state index is 13.0. The average Bonchev–Trinajstić information content (AvgIpc) is 3.28. The fraction of sp³-hybridized carbons (Fsp3) is 0.269. The van der Waals surface area contributed by atoms with Crippen LogP contribution in [0.15, 0.2) is 52.6 Å². The number of hydrogen-bond donors (Lipinski definition) is 0. The van der Waals surface area contributed by atoms with Gasteiger partial charge in [0.2, 0.25) is 5.91 Å². The van der Waals surface area contributed by atoms with Gasteiger partial charge in [-0.25, -0.2) is 14.5 Å². The Morgan fingerprint density at radius 1 is 1.09 bits per heavy atom. The summed E-state index contributed by atoms with van der Waals surface area (Å²) in [6, 6.07) is 12.4. The third-order valence-corrected chi connectivity index (χ3v) is 6.53. The van der Waals surface area contributed by atoms with E-state index in [1.165, 1.54) is 27.8 Å². The number of anilines is 2. The SMILES string of the molecule is CC(=O)N(c1ccc(C)c(C)c1)c1nc(COC(=O)c2nn(C(C)C)c(=O)c3ccccc23)cs1. The fourth-order valence-corrected chi connectivity index (χ4v) is 4.54. The van der Waals surface area contributed by atoms with E-state index in [0.29, 0.717) is 21.6 Å². The van der Waals surface area contributed by atoms with Crippen molar-refractivity contribution in [3.63, 3.8) is 0 Å². The van der Waals surface area contributed by atoms with Gasteiger partial charge in [-0.05, 0) is 57.0 Å². The molecule has 0 saturated heterocycles. The number of fused-ring (bicyclic) bond motifs is 1. The van der Waals surface area contributed by atoms with Crippen molar-refractivity contribution in [1.82, 2.24) is 14.8 Å². The summed E-state index contributed by atoms with van der Waals surface area (Å²) < 4.78 is 6.80. The van der Waals surface area contributed by atoms with Gasteiger partial charge in [0.15, 0.2) is 10.8 Å². The summed E-state index contributed by atoms with van der Waals surface area (Å²) in [4.78, 5) is 44.1. The Balaban J connectivity index is 1.58. The topological polar surface area (TPSA) is 94.4 Å². The number of amides is 1. The van der Waals surface area contributed by atoms with Crippen molar-refractivity contribution in [2.24, 2.45) is 0 Å². The van der Waals surface area contributed by atoms with Crippen LogP contribution >= 0.6 is 11.3 Å². The molecule has 0 saturated carbocycles. The molecule has 8 nitrogen and oxygen atoms in total. The van der Waals surface area contributed by atoms with Crippen LogP contribution in [0.1, 0.15) is 54.1 Å². The molecule has 0 aliphatic rings. The molecule has 0 atom stereocenters. The van der Waals surface area contributed by atoms with Crippen molar-refractivity contribution in [1.29, 1.82) is 0 Å². The summed E-state index contributed by atoms with van der Waals surface area (Å²) in [6.07, 6.45) is 0. The molecular weight excluding hydrogens is 464 g/mol. The Bertz CT molecular complexity index is 1490. The molecule has 2 heterocycles. The predicted molar refractivity (Wildman–Crippen MR) is 136 cm³/mol. The van der Waals surface area contributed by atoms with Gasteiger partial charge in [0.05, 0.1) is 22.8 Å². The lowest BCUT2D eigenvalue weighted by atomic mass is 10.1. The van der Waals surface area contributed by atoms with Gasteiger partial charge in [-0.1, -0.05) is 24.3 Å². The predicted octanol–water partition coefficient (Wildman–Crippen LogP) is 5.09. The standard InChI is InChI=1S/C26H26N4O4S/c1-15(2)30-24(32)22-9-7-6-8-21(22)23(28-30)25(33)34-13-19-14-35-26(27-19)29(18(5)31)20-11-10-16(3)17(4)12-20/h6-12,14-15H,13H2,1-5H3. The van der Waals surface area contributed by atoms with Gasteiger partial charge in [-0.3, -0.25) is 14.5 Å². The van der Waals surface area contributed by atoms with Crippen LogP contribution in [0.4, 0.5) is 10.8 Å². The Hall–Kier alpha value is -3.85. The Labute approximate surface area is 206 Å². The molecule has 180 valence electrons. The first-order chi connectivity index (χ1) is 16.7. The number of aryl methyl sites for hydroxylation is 2. The molecule has 35 heavy (non-hydrogen) atoms. The van der Waals surface area contributed by atoms with Gasteiger partial charge < -0.3 is 4.74 Å². The highest BCUT2D eigenvalue weighted by atomic mass is 32.1. The first-order valence-electron chi connectivity index (χ1n) is 11.2. The first kappa shape index (κ1) is 24.3. The number of thiazole rings is 1. The number of ether oxygens (including phenoxy) is 1. The number of nitrogens with zero attached hydrogens (tertiary/aromatic N) is 4. The molecule has 0 fully saturated rings. The summed E-state index contributed by atoms with van der Waals surface area (Å²) in [5.41, 5.74) is 3.26. The van der Waals surface area contributed by atoms with Gasteiger partial charge in [0, 0.05) is 17.7 Å². The third-order valence-electron chi connectivity index (χ3n) is 5.66. The molecule has 0 unspecified atom stereocenters. The van der Waals surface area contributed by atoms with Crippen LogP contribution in [0, 0.1) is 13.8 Å². The third kappa shape index (κ3) is 4.85. The normalized spacial score (nSPS) is 11.1. The second-order valence-electron chi connectivity index (χ2n) is 8.56. The summed E-state index contributed by atoms with van der Waals surface area (Å²) in [5.74, 6) is -0.819. The Morgan fingerprint density at radius 3 is 2.46 bits per heavy atom. The molecule has 0 spiro atoms. The molecule has 0 aliphatic heterocycles. The molecule has 0 N–H and O–H groups in total. The monoisotopic (exact) mass is 490 g/mol. The smallest absolute Gasteiger partial charge is 0.359 e. The molecule has 2 aromatic heterocycles. The summed E-state index contributed by atoms with van der Waals surface area (Å²) in [7, 11) is 0. The van der Waals surface area contributed by atoms with Gasteiger partial charge in [0.25, 0.3) is 5.56 Å². The molecule has 2 aromatic carbocycles. The van der Waals surface area contributed by atoms with E-state index in [-0.39, 0.29) is 29.8 Å². The molecule has 0 aliphatic carbocycles. The lowest BCUT2D eigenvalue weighted by Crippen LogP contribution is -2.27. The number of hydrogen-bond acceptors (Lipinski definition) is 7. The molecule has 0 bridgehead atoms. The average molecular weight is 491 g/mol. The van der Waals surface area contributed by atoms with E-state index in [9.17, 15) is 14.4 Å². The number of esters is 1. The lowest BCUT2D eigenvalue weighted by Gasteiger charge is -2.19. The Kier molecular flexibility index (Phi) is 6.79. The quantitative estimate of drug-likeness (QED) is 0.349. The van der Waals surface area contributed by atoms with E-state index in [2.05, 4.69) is 10.1 Å². The van der Waals surface area contributed by atoms with Crippen LogP contribution in [0.5, 0.6) is 0 Å². The largest absolute Gasteiger partial charge is 0.454 e. The maximum atomic E-state index is 13.0. The van der Waals surface area contributed by atoms with Crippen molar-refractivity contribution in [2.75, 3.05) is 4.90 Å². The number of aromatic nitrogens is 3. The summed E-state index contributed by atoms with van der Waals surface area (Å²) in [6.45, 7) is 9.04. The van der Waals surface area contributed by atoms with Crippen molar-refractivity contribution in [3.05, 3.63) is 80.7 Å². The first-order valence-corrected chi connectivity index (χ1v) is 12.1. The number of rotatable bonds is 6. The van der Waals surface area contributed by atoms with Crippen LogP contribution in [0.2, 0.25) is 0 Å². The lowest BCUT2D eigenvalue weighted by molar-refractivity contribution is -0.115. The summed E-state index contributed by atoms with van der Waals surface area (Å²) in [5, 5.41) is 7.37. The molecule has 9 heteroatoms. The van der Waals surface area contributed by atoms with Gasteiger partial charge >= 0.3 is 5.97 Å². The van der Waals surface area contributed by atoms with Gasteiger partial charge in [-0.2, -0.15) is 5.10 Å².